The summed E-state index contributed by atoms with van der Waals surface area (Å²) < 4.78 is 0. The van der Waals surface area contributed by atoms with Gasteiger partial charge in [0.15, 0.2) is 0 Å². The summed E-state index contributed by atoms with van der Waals surface area (Å²) in [6, 6.07) is 2.57. The summed E-state index contributed by atoms with van der Waals surface area (Å²) in [6.45, 7) is 9.87. The average molecular weight is 152 g/mol. The summed E-state index contributed by atoms with van der Waals surface area (Å²) in [5, 5.41) is 8.60. The van der Waals surface area contributed by atoms with E-state index >= 15 is 0 Å². The molecule has 0 aliphatic carbocycles. The van der Waals surface area contributed by atoms with E-state index in [0.717, 1.165) is 5.70 Å². The van der Waals surface area contributed by atoms with Crippen molar-refractivity contribution in [1.82, 2.24) is 4.90 Å². The van der Waals surface area contributed by atoms with Gasteiger partial charge in [0.2, 0.25) is 0 Å². The third kappa shape index (κ3) is 2.63. The van der Waals surface area contributed by atoms with E-state index in [9.17, 15) is 0 Å². The Morgan fingerprint density at radius 3 is 2.18 bits per heavy atom. The Bertz CT molecular complexity index is 176. The van der Waals surface area contributed by atoms with Gasteiger partial charge in [-0.25, -0.2) is 0 Å². The molecule has 0 aromatic carbocycles. The van der Waals surface area contributed by atoms with Crippen LogP contribution in [0, 0.1) is 17.2 Å². The molecule has 0 fully saturated rings. The normalized spacial score (nSPS) is 12.4. The summed E-state index contributed by atoms with van der Waals surface area (Å²) in [7, 11) is 1.96. The molecule has 0 heterocycles. The molecule has 0 radical (unpaired) electrons. The smallest absolute Gasteiger partial charge is 0.0827 e. The van der Waals surface area contributed by atoms with Crippen LogP contribution in [0.15, 0.2) is 12.3 Å². The van der Waals surface area contributed by atoms with Gasteiger partial charge in [-0.3, -0.25) is 0 Å². The summed E-state index contributed by atoms with van der Waals surface area (Å²) >= 11 is 0. The molecule has 2 nitrogen and oxygen atoms in total. The standard InChI is InChI=1S/C9H16N2/c1-7(2)11(5)9(4)8(3)6-10/h7-8H,4H2,1-3,5H3. The molecule has 0 rings (SSSR count). The minimum atomic E-state index is -0.0811. The van der Waals surface area contributed by atoms with E-state index in [1.807, 2.05) is 18.9 Å². The predicted octanol–water partition coefficient (Wildman–Crippen LogP) is 2.00. The number of nitriles is 1. The molecular formula is C9H16N2. The SMILES string of the molecule is C=C(C(C)C#N)N(C)C(C)C. The highest BCUT2D eigenvalue weighted by Crippen LogP contribution is 2.12. The van der Waals surface area contributed by atoms with E-state index in [1.54, 1.807) is 0 Å². The van der Waals surface area contributed by atoms with Crippen molar-refractivity contribution in [1.29, 1.82) is 5.26 Å². The van der Waals surface area contributed by atoms with E-state index in [1.165, 1.54) is 0 Å². The van der Waals surface area contributed by atoms with E-state index in [-0.39, 0.29) is 5.92 Å². The highest BCUT2D eigenvalue weighted by Gasteiger charge is 2.11. The lowest BCUT2D eigenvalue weighted by atomic mass is 10.1. The van der Waals surface area contributed by atoms with Crippen LogP contribution >= 0.6 is 0 Å². The molecular weight excluding hydrogens is 136 g/mol. The maximum atomic E-state index is 8.60. The fraction of sp³-hybridized carbons (Fsp3) is 0.667. The first-order chi connectivity index (χ1) is 5.00. The number of nitrogens with zero attached hydrogens (tertiary/aromatic N) is 2. The highest BCUT2D eigenvalue weighted by atomic mass is 15.1. The fourth-order valence-electron chi connectivity index (χ4n) is 0.712. The molecule has 0 bridgehead atoms. The summed E-state index contributed by atoms with van der Waals surface area (Å²) in [5.74, 6) is -0.0811. The molecule has 0 amide bonds. The fourth-order valence-corrected chi connectivity index (χ4v) is 0.712. The maximum absolute atomic E-state index is 8.60. The van der Waals surface area contributed by atoms with E-state index in [2.05, 4.69) is 26.5 Å². The molecule has 11 heavy (non-hydrogen) atoms. The molecule has 0 saturated carbocycles. The van der Waals surface area contributed by atoms with Crippen LogP contribution in [0.3, 0.4) is 0 Å². The van der Waals surface area contributed by atoms with Gasteiger partial charge in [0.1, 0.15) is 0 Å². The van der Waals surface area contributed by atoms with Crippen molar-refractivity contribution in [2.75, 3.05) is 7.05 Å². The second-order valence-electron chi connectivity index (χ2n) is 3.05. The first kappa shape index (κ1) is 10.0. The molecule has 0 aromatic heterocycles. The van der Waals surface area contributed by atoms with Crippen LogP contribution in [-0.4, -0.2) is 18.0 Å². The van der Waals surface area contributed by atoms with Gasteiger partial charge in [0.25, 0.3) is 0 Å². The Balaban J connectivity index is 4.16. The summed E-state index contributed by atoms with van der Waals surface area (Å²) in [5.41, 5.74) is 0.891. The minimum absolute atomic E-state index is 0.0811. The highest BCUT2D eigenvalue weighted by molar-refractivity contribution is 5.07. The zero-order valence-electron chi connectivity index (χ0n) is 7.76. The lowest BCUT2D eigenvalue weighted by Crippen LogP contribution is -2.27. The average Bonchev–Trinajstić information content (AvgIpc) is 2.00. The van der Waals surface area contributed by atoms with Crippen LogP contribution in [0.1, 0.15) is 20.8 Å². The van der Waals surface area contributed by atoms with Crippen molar-refractivity contribution >= 4 is 0 Å². The Hall–Kier alpha value is -0.970. The van der Waals surface area contributed by atoms with E-state index in [4.69, 9.17) is 5.26 Å². The number of hydrogen-bond donors (Lipinski definition) is 0. The van der Waals surface area contributed by atoms with Crippen LogP contribution in [0.2, 0.25) is 0 Å². The first-order valence-electron chi connectivity index (χ1n) is 3.82. The lowest BCUT2D eigenvalue weighted by molar-refractivity contribution is 0.323. The van der Waals surface area contributed by atoms with E-state index < -0.39 is 0 Å². The topological polar surface area (TPSA) is 27.0 Å². The van der Waals surface area contributed by atoms with Crippen molar-refractivity contribution in [2.45, 2.75) is 26.8 Å². The molecule has 0 aliphatic heterocycles. The molecule has 1 unspecified atom stereocenters. The Kier molecular flexibility index (Phi) is 3.67. The third-order valence-corrected chi connectivity index (χ3v) is 1.92. The summed E-state index contributed by atoms with van der Waals surface area (Å²) in [6.07, 6.45) is 0. The quantitative estimate of drug-likeness (QED) is 0.618. The van der Waals surface area contributed by atoms with Crippen LogP contribution in [-0.2, 0) is 0 Å². The first-order valence-corrected chi connectivity index (χ1v) is 3.82. The zero-order valence-corrected chi connectivity index (χ0v) is 7.76. The van der Waals surface area contributed by atoms with Crippen molar-refractivity contribution in [3.8, 4) is 6.07 Å². The Morgan fingerprint density at radius 2 is 1.91 bits per heavy atom. The number of rotatable bonds is 3. The summed E-state index contributed by atoms with van der Waals surface area (Å²) in [4.78, 5) is 2.02. The molecule has 0 N–H and O–H groups in total. The molecule has 62 valence electrons. The van der Waals surface area contributed by atoms with Gasteiger partial charge < -0.3 is 4.90 Å². The lowest BCUT2D eigenvalue weighted by Gasteiger charge is -2.27. The molecule has 0 aromatic rings. The van der Waals surface area contributed by atoms with Gasteiger partial charge >= 0.3 is 0 Å². The third-order valence-electron chi connectivity index (χ3n) is 1.92. The van der Waals surface area contributed by atoms with Crippen LogP contribution < -0.4 is 0 Å². The monoisotopic (exact) mass is 152 g/mol. The van der Waals surface area contributed by atoms with Crippen molar-refractivity contribution in [2.24, 2.45) is 5.92 Å². The molecule has 0 aliphatic rings. The van der Waals surface area contributed by atoms with Gasteiger partial charge in [-0.1, -0.05) is 6.58 Å². The second kappa shape index (κ2) is 4.02. The maximum Gasteiger partial charge on any atom is 0.0827 e. The van der Waals surface area contributed by atoms with Crippen molar-refractivity contribution in [3.05, 3.63) is 12.3 Å². The zero-order chi connectivity index (χ0) is 9.02. The molecule has 2 heteroatoms. The number of hydrogen-bond acceptors (Lipinski definition) is 2. The Morgan fingerprint density at radius 1 is 1.45 bits per heavy atom. The van der Waals surface area contributed by atoms with Gasteiger partial charge in [0, 0.05) is 18.8 Å². The molecule has 1 atom stereocenters. The minimum Gasteiger partial charge on any atom is -0.375 e. The van der Waals surface area contributed by atoms with Crippen LogP contribution in [0.4, 0.5) is 0 Å². The van der Waals surface area contributed by atoms with Crippen molar-refractivity contribution < 1.29 is 0 Å². The number of allylic oxidation sites excluding steroid dienone is 1. The van der Waals surface area contributed by atoms with E-state index in [0.29, 0.717) is 6.04 Å². The van der Waals surface area contributed by atoms with Gasteiger partial charge in [-0.15, -0.1) is 0 Å². The molecule has 0 spiro atoms. The van der Waals surface area contributed by atoms with Gasteiger partial charge in [0.05, 0.1) is 12.0 Å². The van der Waals surface area contributed by atoms with Crippen molar-refractivity contribution in [3.63, 3.8) is 0 Å². The molecule has 0 saturated heterocycles. The predicted molar refractivity (Wildman–Crippen MR) is 46.8 cm³/mol. The van der Waals surface area contributed by atoms with Crippen LogP contribution in [0.5, 0.6) is 0 Å². The Labute approximate surface area is 69.1 Å². The van der Waals surface area contributed by atoms with Gasteiger partial charge in [-0.2, -0.15) is 5.26 Å². The van der Waals surface area contributed by atoms with Crippen LogP contribution in [0.25, 0.3) is 0 Å². The second-order valence-corrected chi connectivity index (χ2v) is 3.05. The van der Waals surface area contributed by atoms with Gasteiger partial charge in [-0.05, 0) is 20.8 Å². The largest absolute Gasteiger partial charge is 0.375 e.